The number of aromatic amines is 2. The minimum Gasteiger partial charge on any atom is -0.759 e. The number of rotatable bonds is 6. The van der Waals surface area contributed by atoms with Crippen LogP contribution in [-0.4, -0.2) is 162 Å². The summed E-state index contributed by atoms with van der Waals surface area (Å²) in [5.74, 6) is 1.99. The molecule has 0 saturated heterocycles. The second-order valence-corrected chi connectivity index (χ2v) is 11.0. The van der Waals surface area contributed by atoms with Gasteiger partial charge >= 0.3 is 34.1 Å². The number of nitrogens with one attached hydrogen (secondary N) is 2. The Hall–Kier alpha value is -1.28. The molecule has 3 heterocycles. The summed E-state index contributed by atoms with van der Waals surface area (Å²) in [5, 5.41) is 0. The normalized spacial score (nSPS) is 12.1. The Morgan fingerprint density at radius 1 is 0.604 bits per heavy atom. The molecule has 0 bridgehead atoms. The van der Waals surface area contributed by atoms with Gasteiger partial charge in [0.2, 0.25) is 0 Å². The summed E-state index contributed by atoms with van der Waals surface area (Å²) in [6, 6.07) is 0. The van der Waals surface area contributed by atoms with Crippen LogP contribution in [0.15, 0.2) is 0 Å². The van der Waals surface area contributed by atoms with Gasteiger partial charge in [0.05, 0.1) is 22.8 Å². The molecule has 0 fully saturated rings. The van der Waals surface area contributed by atoms with E-state index in [1.54, 1.807) is 0 Å². The van der Waals surface area contributed by atoms with E-state index in [-0.39, 0.29) is 77.9 Å². The van der Waals surface area contributed by atoms with Gasteiger partial charge in [-0.1, -0.05) is 0 Å². The maximum atomic E-state index is 8.52. The van der Waals surface area contributed by atoms with Crippen LogP contribution in [0, 0.1) is 13.8 Å². The van der Waals surface area contributed by atoms with Crippen molar-refractivity contribution in [3.8, 4) is 0 Å². The first-order chi connectivity index (χ1) is 17.3. The zero-order chi connectivity index (χ0) is 29.3. The molecule has 2 radical (unpaired) electrons. The first-order valence-corrected chi connectivity index (χ1v) is 14.1. The molecule has 0 spiro atoms. The van der Waals surface area contributed by atoms with Gasteiger partial charge in [0.1, 0.15) is 11.6 Å². The molecule has 28 heteroatoms. The number of hydrogen-bond acceptors (Lipinski definition) is 14. The summed E-state index contributed by atoms with van der Waals surface area (Å²) in [7, 11) is -1.83. The summed E-state index contributed by atoms with van der Waals surface area (Å²) in [5.41, 5.74) is 4.82. The monoisotopic (exact) mass is 852 g/mol. The number of aryl methyl sites for hydroxylation is 2. The summed E-state index contributed by atoms with van der Waals surface area (Å²) in [4.78, 5) is 26.1. The van der Waals surface area contributed by atoms with Crippen LogP contribution in [0.3, 0.4) is 0 Å². The van der Waals surface area contributed by atoms with E-state index < -0.39 is 20.8 Å². The maximum Gasteiger partial charge on any atom is 2.00 e. The fourth-order valence-corrected chi connectivity index (χ4v) is 3.68. The van der Waals surface area contributed by atoms with E-state index in [1.165, 1.54) is 22.8 Å². The Balaban J connectivity index is -0.0000000801. The molecule has 3 rings (SSSR count). The molecule has 302 valence electrons. The Labute approximate surface area is 301 Å². The third-order valence-electron chi connectivity index (χ3n) is 5.20. The summed E-state index contributed by atoms with van der Waals surface area (Å²) in [6.07, 6.45) is 0. The van der Waals surface area contributed by atoms with Crippen LogP contribution in [0.2, 0.25) is 0 Å². The van der Waals surface area contributed by atoms with Crippen molar-refractivity contribution in [2.45, 2.75) is 40.0 Å². The van der Waals surface area contributed by atoms with E-state index in [9.17, 15) is 0 Å². The van der Waals surface area contributed by atoms with Crippen molar-refractivity contribution in [2.75, 3.05) is 54.4 Å². The largest absolute Gasteiger partial charge is 2.00 e. The maximum absolute atomic E-state index is 8.52. The summed E-state index contributed by atoms with van der Waals surface area (Å²) < 4.78 is 68.2. The number of H-pyrrole nitrogens is 2. The average Bonchev–Trinajstić information content (AvgIpc) is 3.22. The predicted octanol–water partition coefficient (Wildman–Crippen LogP) is -8.28. The molecule has 2 aromatic heterocycles. The van der Waals surface area contributed by atoms with Crippen molar-refractivity contribution in [2.24, 2.45) is 0 Å². The van der Waals surface area contributed by atoms with Crippen LogP contribution in [0.5, 0.6) is 0 Å². The van der Waals surface area contributed by atoms with E-state index in [1.807, 2.05) is 0 Å². The van der Waals surface area contributed by atoms with E-state index in [4.69, 9.17) is 45.0 Å². The zero-order valence-corrected chi connectivity index (χ0v) is 30.7. The van der Waals surface area contributed by atoms with Crippen molar-refractivity contribution in [3.05, 3.63) is 34.4 Å². The first kappa shape index (κ1) is 72.4. The molecule has 0 unspecified atom stereocenters. The van der Waals surface area contributed by atoms with Gasteiger partial charge in [-0.15, -0.1) is 0 Å². The van der Waals surface area contributed by atoms with Gasteiger partial charge in [0.15, 0.2) is 0 Å². The quantitative estimate of drug-likeness (QED) is 0.118. The van der Waals surface area contributed by atoms with Crippen LogP contribution >= 0.6 is 0 Å². The molecule has 0 amide bonds. The number of nitrogens with zero attached hydrogens (tertiary/aromatic N) is 6. The molecular formula is C20H54Cu2N8O16S2+2. The summed E-state index contributed by atoms with van der Waals surface area (Å²) >= 11 is 0. The smallest absolute Gasteiger partial charge is 0.759 e. The zero-order valence-electron chi connectivity index (χ0n) is 27.2. The molecule has 0 atom stereocenters. The van der Waals surface area contributed by atoms with Crippen molar-refractivity contribution in [1.82, 2.24) is 39.5 Å². The van der Waals surface area contributed by atoms with E-state index in [0.29, 0.717) is 0 Å². The Bertz CT molecular complexity index is 1080. The first-order valence-electron chi connectivity index (χ1n) is 11.5. The standard InChI is InChI=1S/C20H36N8.2Cu.2H2O4S.8H2O/c1-15-21-17-11-27(9-7-25(3)4)13-19-20(24-16(2)23-19)14-28(10-8-26(5)6)12-18(17)22-15;;;2*1-5(2,3)4;;;;;;;;/h7-14H2,1-6H3,(H,21,22)(H,23,24);;;2*(H2,1,2,3,4);8*1H2/q;2*+2;;;;;;;;;;/p-2. The molecule has 0 aromatic carbocycles. The average molecular weight is 854 g/mol. The van der Waals surface area contributed by atoms with E-state index in [0.717, 1.165) is 64.0 Å². The Morgan fingerprint density at radius 2 is 0.833 bits per heavy atom. The van der Waals surface area contributed by atoms with E-state index >= 15 is 0 Å². The van der Waals surface area contributed by atoms with Crippen LogP contribution in [0.4, 0.5) is 0 Å². The Morgan fingerprint density at radius 3 is 1.04 bits per heavy atom. The van der Waals surface area contributed by atoms with Crippen LogP contribution in [0.1, 0.15) is 34.4 Å². The molecule has 0 saturated carbocycles. The van der Waals surface area contributed by atoms with Gasteiger partial charge in [-0.25, -0.2) is 9.97 Å². The molecule has 20 N–H and O–H groups in total. The second kappa shape index (κ2) is 32.9. The van der Waals surface area contributed by atoms with Crippen molar-refractivity contribution >= 4 is 20.8 Å². The minimum atomic E-state index is -5.17. The van der Waals surface area contributed by atoms with Crippen molar-refractivity contribution in [3.63, 3.8) is 0 Å². The molecule has 1 aliphatic rings. The molecule has 2 aromatic rings. The number of likely N-dealkylation sites (N-methyl/N-ethyl adjacent to an activating group) is 2. The number of hydrogen-bond donors (Lipinski definition) is 2. The number of aromatic nitrogens is 4. The summed E-state index contributed by atoms with van der Waals surface area (Å²) in [6.45, 7) is 11.6. The van der Waals surface area contributed by atoms with Gasteiger partial charge in [-0.05, 0) is 42.0 Å². The van der Waals surface area contributed by atoms with E-state index in [2.05, 4.69) is 71.6 Å². The third kappa shape index (κ3) is 36.0. The second-order valence-electron chi connectivity index (χ2n) is 9.34. The van der Waals surface area contributed by atoms with Gasteiger partial charge in [-0.2, -0.15) is 0 Å². The van der Waals surface area contributed by atoms with Crippen molar-refractivity contribution < 1.29 is 113 Å². The van der Waals surface area contributed by atoms with Crippen molar-refractivity contribution in [1.29, 1.82) is 0 Å². The van der Waals surface area contributed by atoms with Gasteiger partial charge in [0, 0.05) is 73.2 Å². The molecule has 0 aliphatic carbocycles. The third-order valence-corrected chi connectivity index (χ3v) is 5.20. The number of fused-ring (bicyclic) bond motifs is 2. The Kier molecular flexibility index (Phi) is 49.6. The molecule has 24 nitrogen and oxygen atoms in total. The fourth-order valence-electron chi connectivity index (χ4n) is 3.68. The SMILES string of the molecule is Cc1nc2c([nH]1)CN(CCN(C)C)Cc1nc(C)[nH]c1CN(CCN(C)C)C2.O.O.O.O.O.O.O=S(=O)([O-])[O-].O=S(=O)([O-])[O-].[Cu+2].[Cu+2].[OH3+].[OH3+]. The van der Waals surface area contributed by atoms with Gasteiger partial charge in [0.25, 0.3) is 0 Å². The predicted molar refractivity (Wildman–Crippen MR) is 164 cm³/mol. The molecule has 1 aliphatic heterocycles. The van der Waals surface area contributed by atoms with Gasteiger partial charge in [-0.3, -0.25) is 26.6 Å². The molecule has 48 heavy (non-hydrogen) atoms. The number of imidazole rings is 2. The van der Waals surface area contributed by atoms with Crippen LogP contribution < -0.4 is 0 Å². The topological polar surface area (TPSA) is 486 Å². The fraction of sp³-hybridized carbons (Fsp3) is 0.700. The minimum absolute atomic E-state index is 0. The van der Waals surface area contributed by atoms with Crippen LogP contribution in [-0.2, 0) is 92.1 Å². The van der Waals surface area contributed by atoms with Gasteiger partial charge < -0.3 is 81.8 Å². The molecular weight excluding hydrogens is 799 g/mol. The van der Waals surface area contributed by atoms with Crippen LogP contribution in [0.25, 0.3) is 0 Å².